The first kappa shape index (κ1) is 10.6. The van der Waals surface area contributed by atoms with E-state index in [0.717, 1.165) is 11.4 Å². The number of methoxy groups -OCH3 is 1. The molecule has 0 saturated heterocycles. The third kappa shape index (κ3) is 1.56. The molecule has 0 bridgehead atoms. The predicted octanol–water partition coefficient (Wildman–Crippen LogP) is 0.923. The molecule has 0 atom stereocenters. The Morgan fingerprint density at radius 3 is 2.94 bits per heavy atom. The Bertz CT molecular complexity index is 708. The third-order valence-electron chi connectivity index (χ3n) is 2.58. The minimum absolute atomic E-state index is 0.565. The van der Waals surface area contributed by atoms with E-state index < -0.39 is 0 Å². The Morgan fingerprint density at radius 1 is 1.28 bits per heavy atom. The van der Waals surface area contributed by atoms with Crippen molar-refractivity contribution in [1.29, 1.82) is 0 Å². The summed E-state index contributed by atoms with van der Waals surface area (Å²) in [4.78, 5) is 12.4. The minimum atomic E-state index is 0.565. The van der Waals surface area contributed by atoms with Crippen molar-refractivity contribution in [3.8, 4) is 11.6 Å². The topological polar surface area (TPSA) is 78.6 Å². The van der Waals surface area contributed by atoms with Crippen molar-refractivity contribution in [2.75, 3.05) is 7.11 Å². The van der Waals surface area contributed by atoms with Gasteiger partial charge in [-0.3, -0.25) is 0 Å². The summed E-state index contributed by atoms with van der Waals surface area (Å²) in [7, 11) is 1.58. The number of hydrogen-bond acceptors (Lipinski definition) is 6. The van der Waals surface area contributed by atoms with E-state index in [4.69, 9.17) is 4.74 Å². The molecule has 0 unspecified atom stereocenters. The molecule has 0 aliphatic rings. The van der Waals surface area contributed by atoms with E-state index in [1.54, 1.807) is 24.1 Å². The number of ether oxygens (including phenoxy) is 1. The second kappa shape index (κ2) is 4.02. The first-order valence-corrected chi connectivity index (χ1v) is 5.33. The first-order valence-electron chi connectivity index (χ1n) is 5.33. The van der Waals surface area contributed by atoms with Crippen LogP contribution >= 0.6 is 0 Å². The summed E-state index contributed by atoms with van der Waals surface area (Å²) < 4.78 is 6.71. The van der Waals surface area contributed by atoms with Gasteiger partial charge >= 0.3 is 0 Å². The van der Waals surface area contributed by atoms with Gasteiger partial charge in [-0.15, -0.1) is 5.10 Å². The SMILES string of the molecule is COc1ccc(-n2nnc3cncnc32)c(C)n1. The zero-order valence-electron chi connectivity index (χ0n) is 9.90. The maximum atomic E-state index is 5.07. The van der Waals surface area contributed by atoms with Crippen molar-refractivity contribution in [3.63, 3.8) is 0 Å². The Labute approximate surface area is 102 Å². The smallest absolute Gasteiger partial charge is 0.213 e. The van der Waals surface area contributed by atoms with Crippen LogP contribution in [0.1, 0.15) is 5.69 Å². The lowest BCUT2D eigenvalue weighted by Crippen LogP contribution is -2.03. The summed E-state index contributed by atoms with van der Waals surface area (Å²) in [6.45, 7) is 1.88. The molecule has 90 valence electrons. The average Bonchev–Trinajstić information content (AvgIpc) is 2.82. The van der Waals surface area contributed by atoms with Gasteiger partial charge in [-0.25, -0.2) is 15.0 Å². The van der Waals surface area contributed by atoms with E-state index in [0.29, 0.717) is 17.0 Å². The number of aryl methyl sites for hydroxylation is 1. The zero-order valence-corrected chi connectivity index (χ0v) is 9.90. The van der Waals surface area contributed by atoms with Crippen molar-refractivity contribution in [1.82, 2.24) is 29.9 Å². The van der Waals surface area contributed by atoms with Crippen LogP contribution in [0.2, 0.25) is 0 Å². The van der Waals surface area contributed by atoms with Gasteiger partial charge < -0.3 is 4.74 Å². The molecular formula is C11H10N6O. The molecule has 0 saturated carbocycles. The Balaban J connectivity index is 2.20. The lowest BCUT2D eigenvalue weighted by atomic mass is 10.3. The standard InChI is InChI=1S/C11H10N6O/c1-7-9(3-4-10(14-7)18-2)17-11-8(15-16-17)5-12-6-13-11/h3-6H,1-2H3. The highest BCUT2D eigenvalue weighted by Gasteiger charge is 2.11. The van der Waals surface area contributed by atoms with Crippen molar-refractivity contribution in [3.05, 3.63) is 30.4 Å². The lowest BCUT2D eigenvalue weighted by Gasteiger charge is -2.06. The number of aromatic nitrogens is 6. The van der Waals surface area contributed by atoms with Crippen LogP contribution in [0, 0.1) is 6.92 Å². The molecule has 0 aliphatic carbocycles. The summed E-state index contributed by atoms with van der Waals surface area (Å²) in [5.74, 6) is 0.565. The fraction of sp³-hybridized carbons (Fsp3) is 0.182. The van der Waals surface area contributed by atoms with Crippen molar-refractivity contribution >= 4 is 11.2 Å². The molecular weight excluding hydrogens is 232 g/mol. The number of rotatable bonds is 2. The number of nitrogens with zero attached hydrogens (tertiary/aromatic N) is 6. The largest absolute Gasteiger partial charge is 0.481 e. The molecule has 7 heteroatoms. The van der Waals surface area contributed by atoms with Crippen LogP contribution in [-0.2, 0) is 0 Å². The van der Waals surface area contributed by atoms with Gasteiger partial charge in [-0.1, -0.05) is 5.21 Å². The van der Waals surface area contributed by atoms with Gasteiger partial charge in [0.2, 0.25) is 5.88 Å². The molecule has 3 heterocycles. The van der Waals surface area contributed by atoms with Gasteiger partial charge in [0.15, 0.2) is 11.2 Å². The van der Waals surface area contributed by atoms with Crippen LogP contribution in [0.25, 0.3) is 16.9 Å². The molecule has 0 spiro atoms. The summed E-state index contributed by atoms with van der Waals surface area (Å²) in [6.07, 6.45) is 3.09. The van der Waals surface area contributed by atoms with Crippen molar-refractivity contribution in [2.24, 2.45) is 0 Å². The summed E-state index contributed by atoms with van der Waals surface area (Å²) in [6, 6.07) is 3.65. The highest BCUT2D eigenvalue weighted by Crippen LogP contribution is 2.18. The molecule has 3 aromatic heterocycles. The normalized spacial score (nSPS) is 10.8. The second-order valence-electron chi connectivity index (χ2n) is 3.69. The number of fused-ring (bicyclic) bond motifs is 1. The van der Waals surface area contributed by atoms with Gasteiger partial charge in [0.05, 0.1) is 24.7 Å². The first-order chi connectivity index (χ1) is 8.79. The molecule has 0 N–H and O–H groups in total. The molecule has 0 fully saturated rings. The van der Waals surface area contributed by atoms with E-state index in [9.17, 15) is 0 Å². The Kier molecular flexibility index (Phi) is 2.36. The van der Waals surface area contributed by atoms with Gasteiger partial charge in [0, 0.05) is 6.07 Å². The molecule has 0 aliphatic heterocycles. The molecule has 7 nitrogen and oxygen atoms in total. The second-order valence-corrected chi connectivity index (χ2v) is 3.69. The fourth-order valence-electron chi connectivity index (χ4n) is 1.72. The third-order valence-corrected chi connectivity index (χ3v) is 2.58. The molecule has 3 rings (SSSR count). The maximum Gasteiger partial charge on any atom is 0.213 e. The van der Waals surface area contributed by atoms with Gasteiger partial charge in [0.25, 0.3) is 0 Å². The van der Waals surface area contributed by atoms with Crippen molar-refractivity contribution < 1.29 is 4.74 Å². The summed E-state index contributed by atoms with van der Waals surface area (Å²) >= 11 is 0. The Morgan fingerprint density at radius 2 is 2.17 bits per heavy atom. The van der Waals surface area contributed by atoms with Crippen LogP contribution in [0.15, 0.2) is 24.7 Å². The highest BCUT2D eigenvalue weighted by molar-refractivity contribution is 5.70. The summed E-state index contributed by atoms with van der Waals surface area (Å²) in [5.41, 5.74) is 2.91. The van der Waals surface area contributed by atoms with E-state index in [-0.39, 0.29) is 0 Å². The average molecular weight is 242 g/mol. The van der Waals surface area contributed by atoms with E-state index in [1.165, 1.54) is 6.33 Å². The molecule has 0 aromatic carbocycles. The number of pyridine rings is 1. The monoisotopic (exact) mass is 242 g/mol. The van der Waals surface area contributed by atoms with Gasteiger partial charge in [-0.2, -0.15) is 4.68 Å². The quantitative estimate of drug-likeness (QED) is 0.665. The fourth-order valence-corrected chi connectivity index (χ4v) is 1.72. The van der Waals surface area contributed by atoms with Crippen LogP contribution < -0.4 is 4.74 Å². The lowest BCUT2D eigenvalue weighted by molar-refractivity contribution is 0.396. The van der Waals surface area contributed by atoms with E-state index in [2.05, 4.69) is 25.3 Å². The van der Waals surface area contributed by atoms with Gasteiger partial charge in [0.1, 0.15) is 6.33 Å². The zero-order chi connectivity index (χ0) is 12.5. The van der Waals surface area contributed by atoms with Gasteiger partial charge in [-0.05, 0) is 13.0 Å². The van der Waals surface area contributed by atoms with Crippen molar-refractivity contribution in [2.45, 2.75) is 6.92 Å². The number of hydrogen-bond donors (Lipinski definition) is 0. The minimum Gasteiger partial charge on any atom is -0.481 e. The van der Waals surface area contributed by atoms with Crippen LogP contribution in [0.3, 0.4) is 0 Å². The van der Waals surface area contributed by atoms with Crippen LogP contribution in [0.4, 0.5) is 0 Å². The van der Waals surface area contributed by atoms with Crippen LogP contribution in [0.5, 0.6) is 5.88 Å². The predicted molar refractivity (Wildman–Crippen MR) is 63.5 cm³/mol. The molecule has 0 amide bonds. The van der Waals surface area contributed by atoms with Crippen LogP contribution in [-0.4, -0.2) is 37.1 Å². The van der Waals surface area contributed by atoms with E-state index in [1.807, 2.05) is 13.0 Å². The Hall–Kier alpha value is -2.57. The van der Waals surface area contributed by atoms with E-state index >= 15 is 0 Å². The molecule has 0 radical (unpaired) electrons. The highest BCUT2D eigenvalue weighted by atomic mass is 16.5. The maximum absolute atomic E-state index is 5.07. The molecule has 18 heavy (non-hydrogen) atoms. The molecule has 3 aromatic rings. The summed E-state index contributed by atoms with van der Waals surface area (Å²) in [5, 5.41) is 8.07.